The monoisotopic (exact) mass is 603 g/mol. The SMILES string of the molecule is CNC(=O)c1c(-c2ccc(F)cc2)oc2cc(N(CCOCCOCCOCCN=[N+]=[N-])S(C)(=O)=O)c(C3CC3)cc12. The van der Waals surface area contributed by atoms with E-state index in [2.05, 4.69) is 15.3 Å². The molecule has 3 aromatic rings. The van der Waals surface area contributed by atoms with Crippen molar-refractivity contribution in [2.24, 2.45) is 5.11 Å². The third kappa shape index (κ3) is 7.99. The quantitative estimate of drug-likeness (QED) is 0.102. The molecule has 0 bridgehead atoms. The number of anilines is 1. The highest BCUT2D eigenvalue weighted by atomic mass is 32.2. The lowest BCUT2D eigenvalue weighted by Gasteiger charge is -2.25. The van der Waals surface area contributed by atoms with Crippen molar-refractivity contribution in [2.75, 3.05) is 70.3 Å². The van der Waals surface area contributed by atoms with Crippen LogP contribution in [0.4, 0.5) is 10.1 Å². The first-order valence-electron chi connectivity index (χ1n) is 13.5. The van der Waals surface area contributed by atoms with Crippen LogP contribution >= 0.6 is 0 Å². The Hall–Kier alpha value is -3.68. The molecule has 2 aromatic carbocycles. The number of carbonyl (C=O) groups is 1. The maximum Gasteiger partial charge on any atom is 0.255 e. The lowest BCUT2D eigenvalue weighted by atomic mass is 10.0. The topological polar surface area (TPSA) is 156 Å². The molecule has 226 valence electrons. The summed E-state index contributed by atoms with van der Waals surface area (Å²) in [5.41, 5.74) is 10.7. The highest BCUT2D eigenvalue weighted by Crippen LogP contribution is 2.48. The van der Waals surface area contributed by atoms with E-state index in [0.717, 1.165) is 24.7 Å². The van der Waals surface area contributed by atoms with Crippen LogP contribution in [0.15, 0.2) is 45.9 Å². The molecule has 4 rings (SSSR count). The van der Waals surface area contributed by atoms with Gasteiger partial charge in [-0.2, -0.15) is 0 Å². The van der Waals surface area contributed by atoms with Gasteiger partial charge >= 0.3 is 0 Å². The number of hydrogen-bond donors (Lipinski definition) is 1. The van der Waals surface area contributed by atoms with Gasteiger partial charge < -0.3 is 23.9 Å². The number of rotatable bonds is 17. The summed E-state index contributed by atoms with van der Waals surface area (Å²) in [6.45, 7) is 2.05. The predicted molar refractivity (Wildman–Crippen MR) is 156 cm³/mol. The Morgan fingerprint density at radius 2 is 1.74 bits per heavy atom. The smallest absolute Gasteiger partial charge is 0.255 e. The summed E-state index contributed by atoms with van der Waals surface area (Å²) >= 11 is 0. The summed E-state index contributed by atoms with van der Waals surface area (Å²) in [7, 11) is -2.18. The molecule has 1 amide bonds. The number of halogens is 1. The van der Waals surface area contributed by atoms with Gasteiger partial charge in [0.25, 0.3) is 5.91 Å². The van der Waals surface area contributed by atoms with Crippen molar-refractivity contribution >= 4 is 32.6 Å². The molecule has 1 heterocycles. The van der Waals surface area contributed by atoms with E-state index in [4.69, 9.17) is 24.2 Å². The molecule has 42 heavy (non-hydrogen) atoms. The van der Waals surface area contributed by atoms with E-state index in [0.29, 0.717) is 54.2 Å². The van der Waals surface area contributed by atoms with Crippen molar-refractivity contribution in [3.05, 3.63) is 63.8 Å². The van der Waals surface area contributed by atoms with Gasteiger partial charge in [-0.3, -0.25) is 9.10 Å². The van der Waals surface area contributed by atoms with E-state index in [1.807, 2.05) is 6.07 Å². The maximum atomic E-state index is 13.6. The zero-order valence-corrected chi connectivity index (χ0v) is 24.4. The van der Waals surface area contributed by atoms with Crippen molar-refractivity contribution in [2.45, 2.75) is 18.8 Å². The molecule has 1 saturated carbocycles. The van der Waals surface area contributed by atoms with Gasteiger partial charge in [0, 0.05) is 35.5 Å². The molecule has 1 fully saturated rings. The summed E-state index contributed by atoms with van der Waals surface area (Å²) in [5.74, 6) is -0.352. The number of azide groups is 1. The maximum absolute atomic E-state index is 13.6. The number of carbonyl (C=O) groups excluding carboxylic acids is 1. The lowest BCUT2D eigenvalue weighted by molar-refractivity contribution is 0.0176. The number of furan rings is 1. The summed E-state index contributed by atoms with van der Waals surface area (Å²) in [6, 6.07) is 9.14. The Morgan fingerprint density at radius 1 is 1.10 bits per heavy atom. The first-order chi connectivity index (χ1) is 20.2. The van der Waals surface area contributed by atoms with Crippen molar-refractivity contribution in [1.29, 1.82) is 0 Å². The number of fused-ring (bicyclic) bond motifs is 1. The molecule has 0 spiro atoms. The zero-order valence-electron chi connectivity index (χ0n) is 23.5. The molecule has 0 saturated heterocycles. The second kappa shape index (κ2) is 14.5. The molecule has 1 aliphatic carbocycles. The number of benzene rings is 2. The zero-order chi connectivity index (χ0) is 30.1. The van der Waals surface area contributed by atoms with Crippen molar-refractivity contribution in [1.82, 2.24) is 5.32 Å². The van der Waals surface area contributed by atoms with E-state index in [9.17, 15) is 17.6 Å². The molecule has 0 aliphatic heterocycles. The van der Waals surface area contributed by atoms with E-state index >= 15 is 0 Å². The lowest BCUT2D eigenvalue weighted by Crippen LogP contribution is -2.34. The van der Waals surface area contributed by atoms with Gasteiger partial charge in [0.05, 0.1) is 63.7 Å². The molecule has 12 nitrogen and oxygen atoms in total. The molecular formula is C28H34FN5O7S. The van der Waals surface area contributed by atoms with Crippen molar-refractivity contribution in [3.8, 4) is 11.3 Å². The number of hydrogen-bond acceptors (Lipinski definition) is 8. The minimum Gasteiger partial charge on any atom is -0.455 e. The molecule has 14 heteroatoms. The molecular weight excluding hydrogens is 569 g/mol. The van der Waals surface area contributed by atoms with Gasteiger partial charge in [-0.05, 0) is 60.2 Å². The van der Waals surface area contributed by atoms with E-state index in [-0.39, 0.29) is 43.9 Å². The number of nitrogens with zero attached hydrogens (tertiary/aromatic N) is 4. The van der Waals surface area contributed by atoms with Crippen LogP contribution < -0.4 is 9.62 Å². The highest BCUT2D eigenvalue weighted by molar-refractivity contribution is 7.92. The number of amides is 1. The van der Waals surface area contributed by atoms with E-state index in [1.165, 1.54) is 35.6 Å². The van der Waals surface area contributed by atoms with Crippen LogP contribution in [0.2, 0.25) is 0 Å². The van der Waals surface area contributed by atoms with Crippen LogP contribution in [0.5, 0.6) is 0 Å². The van der Waals surface area contributed by atoms with Crippen LogP contribution in [0.3, 0.4) is 0 Å². The van der Waals surface area contributed by atoms with Crippen LogP contribution in [0.1, 0.15) is 34.7 Å². The fourth-order valence-corrected chi connectivity index (χ4v) is 5.47. The molecule has 1 aliphatic rings. The molecule has 0 unspecified atom stereocenters. The average Bonchev–Trinajstić information content (AvgIpc) is 3.74. The summed E-state index contributed by atoms with van der Waals surface area (Å²) < 4.78 is 63.3. The molecule has 0 atom stereocenters. The Balaban J connectivity index is 1.51. The van der Waals surface area contributed by atoms with Gasteiger partial charge in [0.2, 0.25) is 10.0 Å². The van der Waals surface area contributed by atoms with Gasteiger partial charge in [0.15, 0.2) is 0 Å². The van der Waals surface area contributed by atoms with Crippen molar-refractivity contribution in [3.63, 3.8) is 0 Å². The van der Waals surface area contributed by atoms with Gasteiger partial charge in [-0.1, -0.05) is 5.11 Å². The number of sulfonamides is 1. The summed E-state index contributed by atoms with van der Waals surface area (Å²) in [4.78, 5) is 15.6. The Morgan fingerprint density at radius 3 is 2.33 bits per heavy atom. The largest absolute Gasteiger partial charge is 0.455 e. The molecule has 1 N–H and O–H groups in total. The minimum absolute atomic E-state index is 0.0699. The molecule has 1 aromatic heterocycles. The van der Waals surface area contributed by atoms with Gasteiger partial charge in [-0.25, -0.2) is 12.8 Å². The second-order valence-corrected chi connectivity index (χ2v) is 11.6. The highest BCUT2D eigenvalue weighted by Gasteiger charge is 2.33. The second-order valence-electron chi connectivity index (χ2n) is 9.70. The van der Waals surface area contributed by atoms with E-state index < -0.39 is 15.8 Å². The predicted octanol–water partition coefficient (Wildman–Crippen LogP) is 4.60. The van der Waals surface area contributed by atoms with Gasteiger partial charge in [-0.15, -0.1) is 0 Å². The molecule has 0 radical (unpaired) electrons. The fourth-order valence-electron chi connectivity index (χ4n) is 4.55. The number of nitrogens with one attached hydrogen (secondary N) is 1. The van der Waals surface area contributed by atoms with Crippen molar-refractivity contribution < 1.29 is 36.2 Å². The minimum atomic E-state index is -3.70. The third-order valence-corrected chi connectivity index (χ3v) is 7.85. The summed E-state index contributed by atoms with van der Waals surface area (Å²) in [6.07, 6.45) is 2.94. The van der Waals surface area contributed by atoms with E-state index in [1.54, 1.807) is 6.07 Å². The van der Waals surface area contributed by atoms with Crippen LogP contribution in [0, 0.1) is 5.82 Å². The van der Waals surface area contributed by atoms with Crippen LogP contribution in [0.25, 0.3) is 32.7 Å². The fraction of sp³-hybridized carbons (Fsp3) is 0.464. The summed E-state index contributed by atoms with van der Waals surface area (Å²) in [5, 5.41) is 6.57. The Kier molecular flexibility index (Phi) is 10.8. The average molecular weight is 604 g/mol. The standard InChI is InChI=1S/C28H34FN5O7S/c1-31-28(35)26-23-17-22(19-3-4-19)24(18-25(23)41-27(26)20-5-7-21(29)8-6-20)34(42(2,36)37)10-12-39-14-16-40-15-13-38-11-9-32-33-30/h5-8,17-19H,3-4,9-16H2,1-2H3,(H,31,35). The first kappa shape index (κ1) is 31.3. The van der Waals surface area contributed by atoms with Crippen LogP contribution in [-0.2, 0) is 24.2 Å². The normalized spacial score (nSPS) is 13.2. The first-order valence-corrected chi connectivity index (χ1v) is 15.4. The Bertz CT molecular complexity index is 1530. The Labute approximate surface area is 243 Å². The third-order valence-electron chi connectivity index (χ3n) is 6.67. The van der Waals surface area contributed by atoms with Gasteiger partial charge in [0.1, 0.15) is 17.2 Å². The van der Waals surface area contributed by atoms with Crippen LogP contribution in [-0.4, -0.2) is 80.4 Å². The number of ether oxygens (including phenoxy) is 3.